The lowest BCUT2D eigenvalue weighted by Crippen LogP contribution is -1.99. The van der Waals surface area contributed by atoms with E-state index in [2.05, 4.69) is 5.32 Å². The third-order valence-corrected chi connectivity index (χ3v) is 2.77. The fourth-order valence-electron chi connectivity index (χ4n) is 1.67. The van der Waals surface area contributed by atoms with Crippen molar-refractivity contribution in [2.75, 3.05) is 18.2 Å². The van der Waals surface area contributed by atoms with Crippen LogP contribution in [0.1, 0.15) is 5.56 Å². The van der Waals surface area contributed by atoms with E-state index in [-0.39, 0.29) is 17.2 Å². The van der Waals surface area contributed by atoms with Crippen LogP contribution < -0.4 is 15.8 Å². The first kappa shape index (κ1) is 13.1. The molecule has 3 nitrogen and oxygen atoms in total. The monoisotopic (exact) mass is 264 g/mol. The van der Waals surface area contributed by atoms with Crippen LogP contribution in [0.5, 0.6) is 5.75 Å². The fourth-order valence-corrected chi connectivity index (χ4v) is 1.67. The van der Waals surface area contributed by atoms with Crippen LogP contribution in [0.15, 0.2) is 30.3 Å². The number of hydrogen-bond acceptors (Lipinski definition) is 3. The number of nitrogens with one attached hydrogen (secondary N) is 1. The van der Waals surface area contributed by atoms with Gasteiger partial charge in [-0.1, -0.05) is 6.07 Å². The van der Waals surface area contributed by atoms with E-state index in [4.69, 9.17) is 10.5 Å². The Bertz CT molecular complexity index is 615. The third-order valence-electron chi connectivity index (χ3n) is 2.77. The first-order chi connectivity index (χ1) is 9.01. The van der Waals surface area contributed by atoms with Crippen LogP contribution in [0.2, 0.25) is 0 Å². The molecule has 3 N–H and O–H groups in total. The highest BCUT2D eigenvalue weighted by atomic mass is 19.1. The molecule has 0 atom stereocenters. The van der Waals surface area contributed by atoms with Crippen molar-refractivity contribution in [3.8, 4) is 5.75 Å². The molecular formula is C14H14F2N2O. The van der Waals surface area contributed by atoms with Crippen LogP contribution in [0.3, 0.4) is 0 Å². The van der Waals surface area contributed by atoms with Crippen LogP contribution in [0, 0.1) is 18.6 Å². The summed E-state index contributed by atoms with van der Waals surface area (Å²) in [5, 5.41) is 2.79. The number of aryl methyl sites for hydroxylation is 1. The summed E-state index contributed by atoms with van der Waals surface area (Å²) in [5.74, 6) is -0.524. The van der Waals surface area contributed by atoms with Gasteiger partial charge < -0.3 is 15.8 Å². The summed E-state index contributed by atoms with van der Waals surface area (Å²) >= 11 is 0. The lowest BCUT2D eigenvalue weighted by atomic mass is 10.2. The minimum Gasteiger partial charge on any atom is -0.495 e. The molecule has 100 valence electrons. The van der Waals surface area contributed by atoms with E-state index in [0.29, 0.717) is 17.0 Å². The Kier molecular flexibility index (Phi) is 3.55. The number of rotatable bonds is 3. The number of halogens is 2. The van der Waals surface area contributed by atoms with Crippen molar-refractivity contribution in [1.82, 2.24) is 0 Å². The van der Waals surface area contributed by atoms with Crippen molar-refractivity contribution < 1.29 is 13.5 Å². The maximum absolute atomic E-state index is 13.7. The standard InChI is InChI=1S/C14H14F2N2O/c1-8-3-4-9(5-10(8)15)18-13-7-14(19-2)12(17)6-11(13)16/h3-7,18H,17H2,1-2H3. The van der Waals surface area contributed by atoms with Gasteiger partial charge in [-0.05, 0) is 24.6 Å². The second kappa shape index (κ2) is 5.14. The van der Waals surface area contributed by atoms with Crippen LogP contribution in [0.25, 0.3) is 0 Å². The molecule has 0 unspecified atom stereocenters. The predicted octanol–water partition coefficient (Wildman–Crippen LogP) is 3.61. The molecule has 0 aliphatic heterocycles. The molecule has 0 saturated carbocycles. The van der Waals surface area contributed by atoms with E-state index >= 15 is 0 Å². The SMILES string of the molecule is COc1cc(Nc2ccc(C)c(F)c2)c(F)cc1N. The van der Waals surface area contributed by atoms with Gasteiger partial charge in [-0.2, -0.15) is 0 Å². The van der Waals surface area contributed by atoms with Gasteiger partial charge in [0.1, 0.15) is 17.4 Å². The Hall–Kier alpha value is -2.30. The first-order valence-corrected chi connectivity index (χ1v) is 5.67. The van der Waals surface area contributed by atoms with Crippen LogP contribution in [0.4, 0.5) is 25.8 Å². The molecule has 0 aliphatic rings. The minimum absolute atomic E-state index is 0.175. The van der Waals surface area contributed by atoms with Gasteiger partial charge >= 0.3 is 0 Å². The van der Waals surface area contributed by atoms with Crippen molar-refractivity contribution in [2.45, 2.75) is 6.92 Å². The highest BCUT2D eigenvalue weighted by Gasteiger charge is 2.09. The van der Waals surface area contributed by atoms with Crippen molar-refractivity contribution >= 4 is 17.1 Å². The summed E-state index contributed by atoms with van der Waals surface area (Å²) in [6.45, 7) is 1.66. The Morgan fingerprint density at radius 1 is 1.11 bits per heavy atom. The smallest absolute Gasteiger partial charge is 0.148 e. The van der Waals surface area contributed by atoms with Crippen molar-refractivity contribution in [3.63, 3.8) is 0 Å². The number of nitrogen functional groups attached to an aromatic ring is 1. The summed E-state index contributed by atoms with van der Waals surface area (Å²) < 4.78 is 32.2. The molecule has 0 radical (unpaired) electrons. The largest absolute Gasteiger partial charge is 0.495 e. The minimum atomic E-state index is -0.528. The first-order valence-electron chi connectivity index (χ1n) is 5.67. The molecule has 0 fully saturated rings. The number of methoxy groups -OCH3 is 1. The molecule has 0 spiro atoms. The van der Waals surface area contributed by atoms with E-state index in [1.54, 1.807) is 19.1 Å². The Balaban J connectivity index is 2.34. The van der Waals surface area contributed by atoms with Gasteiger partial charge in [-0.3, -0.25) is 0 Å². The zero-order valence-corrected chi connectivity index (χ0v) is 10.6. The van der Waals surface area contributed by atoms with E-state index in [1.807, 2.05) is 0 Å². The third kappa shape index (κ3) is 2.76. The highest BCUT2D eigenvalue weighted by molar-refractivity contribution is 5.67. The topological polar surface area (TPSA) is 47.3 Å². The summed E-state index contributed by atoms with van der Waals surface area (Å²) in [4.78, 5) is 0. The van der Waals surface area contributed by atoms with Gasteiger partial charge in [0.2, 0.25) is 0 Å². The number of anilines is 3. The molecule has 0 heterocycles. The second-order valence-electron chi connectivity index (χ2n) is 4.16. The van der Waals surface area contributed by atoms with Crippen molar-refractivity contribution in [2.24, 2.45) is 0 Å². The molecule has 0 aromatic heterocycles. The number of ether oxygens (including phenoxy) is 1. The molecule has 0 aliphatic carbocycles. The van der Waals surface area contributed by atoms with Gasteiger partial charge in [0.25, 0.3) is 0 Å². The Labute approximate surface area is 110 Å². The molecule has 2 rings (SSSR count). The van der Waals surface area contributed by atoms with Gasteiger partial charge in [0.05, 0.1) is 18.5 Å². The Morgan fingerprint density at radius 2 is 1.84 bits per heavy atom. The molecule has 2 aromatic carbocycles. The highest BCUT2D eigenvalue weighted by Crippen LogP contribution is 2.30. The summed E-state index contributed by atoms with van der Waals surface area (Å²) in [7, 11) is 1.44. The van der Waals surface area contributed by atoms with E-state index < -0.39 is 5.82 Å². The van der Waals surface area contributed by atoms with Crippen molar-refractivity contribution in [1.29, 1.82) is 0 Å². The molecule has 0 saturated heterocycles. The maximum atomic E-state index is 13.7. The van der Waals surface area contributed by atoms with E-state index in [9.17, 15) is 8.78 Å². The normalized spacial score (nSPS) is 10.3. The molecule has 19 heavy (non-hydrogen) atoms. The number of nitrogens with two attached hydrogens (primary N) is 1. The van der Waals surface area contributed by atoms with Gasteiger partial charge in [-0.15, -0.1) is 0 Å². The molecule has 0 amide bonds. The van der Waals surface area contributed by atoms with Gasteiger partial charge in [0.15, 0.2) is 0 Å². The molecule has 2 aromatic rings. The van der Waals surface area contributed by atoms with Gasteiger partial charge in [-0.25, -0.2) is 8.78 Å². The number of hydrogen-bond donors (Lipinski definition) is 2. The van der Waals surface area contributed by atoms with Crippen molar-refractivity contribution in [3.05, 3.63) is 47.5 Å². The van der Waals surface area contributed by atoms with Gasteiger partial charge in [0, 0.05) is 17.8 Å². The lowest BCUT2D eigenvalue weighted by molar-refractivity contribution is 0.416. The zero-order valence-electron chi connectivity index (χ0n) is 10.6. The zero-order chi connectivity index (χ0) is 14.0. The average Bonchev–Trinajstić information content (AvgIpc) is 2.37. The maximum Gasteiger partial charge on any atom is 0.148 e. The number of benzene rings is 2. The van der Waals surface area contributed by atoms with Crippen LogP contribution in [-0.2, 0) is 0 Å². The molecule has 5 heteroatoms. The Morgan fingerprint density at radius 3 is 2.47 bits per heavy atom. The summed E-state index contributed by atoms with van der Waals surface area (Å²) in [6, 6.07) is 7.18. The summed E-state index contributed by atoms with van der Waals surface area (Å²) in [5.41, 5.74) is 6.95. The fraction of sp³-hybridized carbons (Fsp3) is 0.143. The van der Waals surface area contributed by atoms with Crippen LogP contribution >= 0.6 is 0 Å². The summed E-state index contributed by atoms with van der Waals surface area (Å²) in [6.07, 6.45) is 0. The van der Waals surface area contributed by atoms with Crippen LogP contribution in [-0.4, -0.2) is 7.11 Å². The predicted molar refractivity (Wildman–Crippen MR) is 71.8 cm³/mol. The molecular weight excluding hydrogens is 250 g/mol. The van der Waals surface area contributed by atoms with E-state index in [0.717, 1.165) is 6.07 Å². The molecule has 0 bridgehead atoms. The average molecular weight is 264 g/mol. The quantitative estimate of drug-likeness (QED) is 0.832. The second-order valence-corrected chi connectivity index (χ2v) is 4.16. The van der Waals surface area contributed by atoms with E-state index in [1.165, 1.54) is 19.2 Å². The lowest BCUT2D eigenvalue weighted by Gasteiger charge is -2.11.